The Hall–Kier alpha value is -2.19. The lowest BCUT2D eigenvalue weighted by molar-refractivity contribution is -0.157. The van der Waals surface area contributed by atoms with Gasteiger partial charge < -0.3 is 24.5 Å². The van der Waals surface area contributed by atoms with E-state index in [0.717, 1.165) is 19.3 Å². The van der Waals surface area contributed by atoms with Gasteiger partial charge in [0.25, 0.3) is 0 Å². The van der Waals surface area contributed by atoms with Crippen molar-refractivity contribution in [3.63, 3.8) is 0 Å². The van der Waals surface area contributed by atoms with Gasteiger partial charge in [-0.3, -0.25) is 14.4 Å². The van der Waals surface area contributed by atoms with Gasteiger partial charge in [0.15, 0.2) is 0 Å². The molecule has 0 aromatic carbocycles. The topological polar surface area (TPSA) is 90.4 Å². The van der Waals surface area contributed by atoms with Gasteiger partial charge in [-0.05, 0) is 46.5 Å². The van der Waals surface area contributed by atoms with Crippen molar-refractivity contribution in [2.24, 2.45) is 11.8 Å². The van der Waals surface area contributed by atoms with E-state index >= 15 is 0 Å². The summed E-state index contributed by atoms with van der Waals surface area (Å²) in [4.78, 5) is 47.4. The van der Waals surface area contributed by atoms with Crippen molar-refractivity contribution in [2.45, 2.75) is 96.1 Å². The zero-order chi connectivity index (χ0) is 26.8. The third kappa shape index (κ3) is 4.40. The Morgan fingerprint density at radius 2 is 1.83 bits per heavy atom. The quantitative estimate of drug-likeness (QED) is 0.391. The lowest BCUT2D eigenvalue weighted by Crippen LogP contribution is -2.59. The number of carbonyl (C=O) groups is 3. The largest absolute Gasteiger partial charge is 0.394 e. The number of hydrogen-bond acceptors (Lipinski definition) is 5. The normalized spacial score (nSPS) is 32.2. The van der Waals surface area contributed by atoms with Crippen LogP contribution in [0.5, 0.6) is 0 Å². The number of aliphatic hydroxyl groups is 1. The fourth-order valence-corrected chi connectivity index (χ4v) is 6.85. The van der Waals surface area contributed by atoms with Crippen LogP contribution in [-0.4, -0.2) is 93.1 Å². The highest BCUT2D eigenvalue weighted by Gasteiger charge is 2.78. The van der Waals surface area contributed by atoms with Crippen LogP contribution in [0.1, 0.15) is 66.7 Å². The molecule has 3 aliphatic heterocycles. The second-order valence-electron chi connectivity index (χ2n) is 11.0. The van der Waals surface area contributed by atoms with Crippen LogP contribution in [0.15, 0.2) is 25.3 Å². The second kappa shape index (κ2) is 11.1. The van der Waals surface area contributed by atoms with Gasteiger partial charge in [-0.25, -0.2) is 0 Å². The van der Waals surface area contributed by atoms with Gasteiger partial charge in [0.2, 0.25) is 17.7 Å². The van der Waals surface area contributed by atoms with Crippen molar-refractivity contribution in [1.29, 1.82) is 0 Å². The van der Waals surface area contributed by atoms with Gasteiger partial charge in [0, 0.05) is 25.7 Å². The molecule has 0 aliphatic carbocycles. The Kier molecular flexibility index (Phi) is 8.71. The van der Waals surface area contributed by atoms with Crippen molar-refractivity contribution >= 4 is 17.7 Å². The Labute approximate surface area is 216 Å². The molecule has 0 radical (unpaired) electrons. The average molecular weight is 504 g/mol. The van der Waals surface area contributed by atoms with E-state index in [2.05, 4.69) is 20.1 Å². The lowest BCUT2D eigenvalue weighted by atomic mass is 9.66. The maximum atomic E-state index is 14.3. The average Bonchev–Trinajstić information content (AvgIpc) is 3.42. The standard InChI is InChI=1S/C28H45N3O5/c1-8-12-19(5)30(17-11-4)26(35)23-28-14-13-27(7,36-28)21(24(33)29(15-9-2)16-10-3)22(28)25(34)31(23)20(6)18-32/h9,11,19-23,32H,2,4,8,10,12-18H2,1,3,5-7H3/t19?,20-,21-,22+,23?,27+,28?/m1/s1. The molecular formula is C28H45N3O5. The number of aliphatic hydroxyl groups excluding tert-OH is 1. The second-order valence-corrected chi connectivity index (χ2v) is 11.0. The van der Waals surface area contributed by atoms with Crippen LogP contribution in [0.4, 0.5) is 0 Å². The van der Waals surface area contributed by atoms with Gasteiger partial charge in [-0.2, -0.15) is 0 Å². The number of hydrogen-bond donors (Lipinski definition) is 1. The molecule has 3 unspecified atom stereocenters. The molecule has 36 heavy (non-hydrogen) atoms. The number of nitrogens with zero attached hydrogens (tertiary/aromatic N) is 3. The molecule has 0 aromatic heterocycles. The van der Waals surface area contributed by atoms with E-state index in [1.54, 1.807) is 28.9 Å². The number of carbonyl (C=O) groups excluding carboxylic acids is 3. The Bertz CT molecular complexity index is 877. The maximum absolute atomic E-state index is 14.3. The van der Waals surface area contributed by atoms with Crippen LogP contribution in [-0.2, 0) is 19.1 Å². The molecule has 0 aromatic rings. The molecule has 3 amide bonds. The summed E-state index contributed by atoms with van der Waals surface area (Å²) in [5.74, 6) is -2.03. The fraction of sp³-hybridized carbons (Fsp3) is 0.750. The molecule has 3 heterocycles. The molecule has 2 bridgehead atoms. The predicted octanol–water partition coefficient (Wildman–Crippen LogP) is 2.76. The maximum Gasteiger partial charge on any atom is 0.248 e. The minimum absolute atomic E-state index is 0.0448. The van der Waals surface area contributed by atoms with Crippen LogP contribution in [0.2, 0.25) is 0 Å². The number of amides is 3. The number of rotatable bonds is 13. The SMILES string of the molecule is C=CCN(CCC)C(=O)[C@H]1[C@H]2C(=O)N([C@H](C)CO)C(C(=O)N(CC=C)C(C)CCC)C23CC[C@]1(C)O3. The lowest BCUT2D eigenvalue weighted by Gasteiger charge is -2.40. The number of fused-ring (bicyclic) bond motifs is 1. The Morgan fingerprint density at radius 1 is 1.17 bits per heavy atom. The summed E-state index contributed by atoms with van der Waals surface area (Å²) in [6.07, 6.45) is 7.04. The molecule has 0 saturated carbocycles. The molecule has 3 fully saturated rings. The molecule has 1 N–H and O–H groups in total. The molecule has 3 saturated heterocycles. The first-order valence-corrected chi connectivity index (χ1v) is 13.5. The van der Waals surface area contributed by atoms with Crippen LogP contribution < -0.4 is 0 Å². The van der Waals surface area contributed by atoms with Crippen LogP contribution >= 0.6 is 0 Å². The summed E-state index contributed by atoms with van der Waals surface area (Å²) in [6.45, 7) is 18.4. The molecule has 3 rings (SSSR count). The molecule has 8 nitrogen and oxygen atoms in total. The van der Waals surface area contributed by atoms with E-state index < -0.39 is 35.1 Å². The van der Waals surface area contributed by atoms with Crippen molar-refractivity contribution in [3.8, 4) is 0 Å². The minimum Gasteiger partial charge on any atom is -0.394 e. The first-order valence-electron chi connectivity index (χ1n) is 13.5. The van der Waals surface area contributed by atoms with Crippen molar-refractivity contribution in [1.82, 2.24) is 14.7 Å². The molecular weight excluding hydrogens is 458 g/mol. The third-order valence-electron chi connectivity index (χ3n) is 8.46. The number of ether oxygens (including phenoxy) is 1. The highest BCUT2D eigenvalue weighted by Crippen LogP contribution is 2.63. The zero-order valence-corrected chi connectivity index (χ0v) is 22.7. The van der Waals surface area contributed by atoms with E-state index in [1.165, 1.54) is 4.90 Å². The first-order chi connectivity index (χ1) is 17.1. The van der Waals surface area contributed by atoms with E-state index in [-0.39, 0.29) is 30.4 Å². The highest BCUT2D eigenvalue weighted by atomic mass is 16.5. The predicted molar refractivity (Wildman–Crippen MR) is 139 cm³/mol. The molecule has 202 valence electrons. The van der Waals surface area contributed by atoms with Crippen molar-refractivity contribution < 1.29 is 24.2 Å². The molecule has 7 atom stereocenters. The van der Waals surface area contributed by atoms with Gasteiger partial charge in [0.05, 0.1) is 30.1 Å². The highest BCUT2D eigenvalue weighted by molar-refractivity contribution is 5.99. The van der Waals surface area contributed by atoms with Crippen LogP contribution in [0.3, 0.4) is 0 Å². The summed E-state index contributed by atoms with van der Waals surface area (Å²) in [7, 11) is 0. The Balaban J connectivity index is 2.11. The molecule has 8 heteroatoms. The fourth-order valence-electron chi connectivity index (χ4n) is 6.85. The monoisotopic (exact) mass is 503 g/mol. The van der Waals surface area contributed by atoms with E-state index in [4.69, 9.17) is 4.74 Å². The first kappa shape index (κ1) is 28.4. The van der Waals surface area contributed by atoms with E-state index in [9.17, 15) is 19.5 Å². The van der Waals surface area contributed by atoms with Gasteiger partial charge >= 0.3 is 0 Å². The van der Waals surface area contributed by atoms with Gasteiger partial charge in [-0.1, -0.05) is 32.4 Å². The van der Waals surface area contributed by atoms with Crippen molar-refractivity contribution in [2.75, 3.05) is 26.2 Å². The van der Waals surface area contributed by atoms with E-state index in [1.807, 2.05) is 20.8 Å². The van der Waals surface area contributed by atoms with E-state index in [0.29, 0.717) is 32.5 Å². The summed E-state index contributed by atoms with van der Waals surface area (Å²) >= 11 is 0. The molecule has 1 spiro atoms. The van der Waals surface area contributed by atoms with Crippen LogP contribution in [0.25, 0.3) is 0 Å². The van der Waals surface area contributed by atoms with Gasteiger partial charge in [0.1, 0.15) is 11.6 Å². The minimum atomic E-state index is -1.09. The summed E-state index contributed by atoms with van der Waals surface area (Å²) in [5.41, 5.74) is -1.92. The Morgan fingerprint density at radius 3 is 2.39 bits per heavy atom. The zero-order valence-electron chi connectivity index (χ0n) is 22.7. The summed E-state index contributed by atoms with van der Waals surface area (Å²) < 4.78 is 6.72. The summed E-state index contributed by atoms with van der Waals surface area (Å²) in [5, 5.41) is 10.1. The smallest absolute Gasteiger partial charge is 0.248 e. The third-order valence-corrected chi connectivity index (χ3v) is 8.46. The number of likely N-dealkylation sites (tertiary alicyclic amines) is 1. The molecule has 3 aliphatic rings. The van der Waals surface area contributed by atoms with Crippen molar-refractivity contribution in [3.05, 3.63) is 25.3 Å². The van der Waals surface area contributed by atoms with Gasteiger partial charge in [-0.15, -0.1) is 13.2 Å². The summed E-state index contributed by atoms with van der Waals surface area (Å²) in [6, 6.07) is -1.52. The van der Waals surface area contributed by atoms with Crippen LogP contribution in [0, 0.1) is 11.8 Å².